The first-order valence-corrected chi connectivity index (χ1v) is 10.3. The topological polar surface area (TPSA) is 66.6 Å². The number of thiophene rings is 1. The van der Waals surface area contributed by atoms with Crippen LogP contribution in [0.5, 0.6) is 0 Å². The number of carbonyl (C=O) groups is 2. The second kappa shape index (κ2) is 8.95. The maximum Gasteiger partial charge on any atom is 0.264 e. The van der Waals surface area contributed by atoms with Gasteiger partial charge in [0.05, 0.1) is 4.88 Å². The first kappa shape index (κ1) is 21.3. The highest BCUT2D eigenvalue weighted by molar-refractivity contribution is 7.21. The molecule has 0 bridgehead atoms. The Morgan fingerprint density at radius 2 is 1.52 bits per heavy atom. The van der Waals surface area contributed by atoms with E-state index in [0.29, 0.717) is 38.3 Å². The van der Waals surface area contributed by atoms with Crippen molar-refractivity contribution >= 4 is 45.6 Å². The lowest BCUT2D eigenvalue weighted by Gasteiger charge is -2.34. The van der Waals surface area contributed by atoms with Crippen molar-refractivity contribution in [2.45, 2.75) is 13.5 Å². The van der Waals surface area contributed by atoms with Gasteiger partial charge in [0.25, 0.3) is 11.8 Å². The predicted octanol–water partition coefficient (Wildman–Crippen LogP) is 3.69. The number of amides is 2. The van der Waals surface area contributed by atoms with Crippen LogP contribution < -0.4 is 5.73 Å². The number of carbonyl (C=O) groups excluding carboxylic acids is 2. The number of piperazine rings is 1. The average Bonchev–Trinajstić information content (AvgIpc) is 3.09. The Bertz CT molecular complexity index is 1020. The van der Waals surface area contributed by atoms with Gasteiger partial charge in [0.2, 0.25) is 0 Å². The highest BCUT2D eigenvalue weighted by Crippen LogP contribution is 2.31. The fourth-order valence-electron chi connectivity index (χ4n) is 3.60. The van der Waals surface area contributed by atoms with E-state index in [-0.39, 0.29) is 24.2 Å². The van der Waals surface area contributed by atoms with Gasteiger partial charge < -0.3 is 15.5 Å². The summed E-state index contributed by atoms with van der Waals surface area (Å²) in [6.45, 7) is 4.68. The van der Waals surface area contributed by atoms with Gasteiger partial charge in [0.1, 0.15) is 0 Å². The Morgan fingerprint density at radius 3 is 2.10 bits per heavy atom. The third kappa shape index (κ3) is 4.15. The molecule has 1 aliphatic heterocycles. The van der Waals surface area contributed by atoms with Crippen molar-refractivity contribution in [3.05, 3.63) is 70.1 Å². The summed E-state index contributed by atoms with van der Waals surface area (Å²) in [6.07, 6.45) is 0. The first-order valence-electron chi connectivity index (χ1n) is 9.44. The molecule has 2 N–H and O–H groups in total. The van der Waals surface area contributed by atoms with E-state index >= 15 is 0 Å². The third-order valence-corrected chi connectivity index (χ3v) is 6.59. The van der Waals surface area contributed by atoms with Crippen molar-refractivity contribution < 1.29 is 9.59 Å². The molecule has 2 heterocycles. The minimum atomic E-state index is 0. The maximum atomic E-state index is 13.0. The lowest BCUT2D eigenvalue weighted by molar-refractivity contribution is 0.0538. The van der Waals surface area contributed by atoms with Crippen molar-refractivity contribution in [1.29, 1.82) is 0 Å². The van der Waals surface area contributed by atoms with Crippen LogP contribution >= 0.6 is 23.7 Å². The van der Waals surface area contributed by atoms with Gasteiger partial charge in [0, 0.05) is 43.0 Å². The molecule has 0 unspecified atom stereocenters. The number of benzene rings is 2. The van der Waals surface area contributed by atoms with E-state index in [1.165, 1.54) is 0 Å². The molecule has 29 heavy (non-hydrogen) atoms. The van der Waals surface area contributed by atoms with Crippen molar-refractivity contribution in [3.63, 3.8) is 0 Å². The van der Waals surface area contributed by atoms with Crippen molar-refractivity contribution in [2.24, 2.45) is 5.73 Å². The lowest BCUT2D eigenvalue weighted by atomic mass is 10.1. The predicted molar refractivity (Wildman–Crippen MR) is 120 cm³/mol. The van der Waals surface area contributed by atoms with E-state index in [9.17, 15) is 9.59 Å². The van der Waals surface area contributed by atoms with Gasteiger partial charge in [-0.2, -0.15) is 0 Å². The fourth-order valence-corrected chi connectivity index (χ4v) is 4.78. The highest BCUT2D eigenvalue weighted by atomic mass is 35.5. The molecule has 0 atom stereocenters. The van der Waals surface area contributed by atoms with Crippen molar-refractivity contribution in [2.75, 3.05) is 26.2 Å². The molecule has 1 saturated heterocycles. The van der Waals surface area contributed by atoms with E-state index in [1.807, 2.05) is 53.1 Å². The summed E-state index contributed by atoms with van der Waals surface area (Å²) in [6, 6.07) is 15.5. The Balaban J connectivity index is 0.00000240. The van der Waals surface area contributed by atoms with E-state index in [0.717, 1.165) is 26.1 Å². The van der Waals surface area contributed by atoms with Crippen molar-refractivity contribution in [3.8, 4) is 0 Å². The number of fused-ring (bicyclic) bond motifs is 1. The Morgan fingerprint density at radius 1 is 0.931 bits per heavy atom. The van der Waals surface area contributed by atoms with Gasteiger partial charge in [-0.15, -0.1) is 23.7 Å². The van der Waals surface area contributed by atoms with Crippen LogP contribution in [-0.4, -0.2) is 47.8 Å². The van der Waals surface area contributed by atoms with Crippen LogP contribution in [0.4, 0.5) is 0 Å². The number of hydrogen-bond acceptors (Lipinski definition) is 4. The van der Waals surface area contributed by atoms with E-state index in [2.05, 4.69) is 12.1 Å². The number of rotatable bonds is 3. The zero-order valence-corrected chi connectivity index (χ0v) is 17.9. The molecule has 152 valence electrons. The van der Waals surface area contributed by atoms with Gasteiger partial charge in [-0.3, -0.25) is 9.59 Å². The molecule has 2 aromatic carbocycles. The maximum absolute atomic E-state index is 13.0. The SMILES string of the molecule is Cc1c(C(=O)N2CCN(C(=O)c3ccc(CN)cc3)CC2)sc2ccccc12.Cl. The van der Waals surface area contributed by atoms with Gasteiger partial charge in [-0.05, 0) is 41.6 Å². The Labute approximate surface area is 180 Å². The van der Waals surface area contributed by atoms with Crippen molar-refractivity contribution in [1.82, 2.24) is 9.80 Å². The molecule has 0 aliphatic carbocycles. The van der Waals surface area contributed by atoms with Crippen LogP contribution in [0.15, 0.2) is 48.5 Å². The number of nitrogens with two attached hydrogens (primary N) is 1. The monoisotopic (exact) mass is 429 g/mol. The number of hydrogen-bond donors (Lipinski definition) is 1. The molecule has 1 aromatic heterocycles. The van der Waals surface area contributed by atoms with Gasteiger partial charge in [0.15, 0.2) is 0 Å². The Hall–Kier alpha value is -2.41. The highest BCUT2D eigenvalue weighted by Gasteiger charge is 2.27. The molecule has 0 saturated carbocycles. The largest absolute Gasteiger partial charge is 0.335 e. The second-order valence-electron chi connectivity index (χ2n) is 7.04. The zero-order valence-electron chi connectivity index (χ0n) is 16.3. The summed E-state index contributed by atoms with van der Waals surface area (Å²) < 4.78 is 1.14. The van der Waals surface area contributed by atoms with Crippen LogP contribution in [-0.2, 0) is 6.54 Å². The molecular formula is C22H24ClN3O2S. The van der Waals surface area contributed by atoms with Crippen LogP contribution in [0.3, 0.4) is 0 Å². The molecule has 0 radical (unpaired) electrons. The van der Waals surface area contributed by atoms with Crippen LogP contribution in [0, 0.1) is 6.92 Å². The van der Waals surface area contributed by atoms with Gasteiger partial charge >= 0.3 is 0 Å². The molecular weight excluding hydrogens is 406 g/mol. The average molecular weight is 430 g/mol. The first-order chi connectivity index (χ1) is 13.6. The minimum absolute atomic E-state index is 0. The fraction of sp³-hybridized carbons (Fsp3) is 0.273. The smallest absolute Gasteiger partial charge is 0.264 e. The quantitative estimate of drug-likeness (QED) is 0.690. The van der Waals surface area contributed by atoms with Gasteiger partial charge in [-0.25, -0.2) is 0 Å². The second-order valence-corrected chi connectivity index (χ2v) is 8.09. The van der Waals surface area contributed by atoms with E-state index in [4.69, 9.17) is 5.73 Å². The Kier molecular flexibility index (Phi) is 6.57. The zero-order chi connectivity index (χ0) is 19.7. The lowest BCUT2D eigenvalue weighted by Crippen LogP contribution is -2.50. The summed E-state index contributed by atoms with van der Waals surface area (Å²) >= 11 is 1.55. The number of halogens is 1. The standard InChI is InChI=1S/C22H23N3O2S.ClH/c1-15-18-4-2-3-5-19(18)28-20(15)22(27)25-12-10-24(11-13-25)21(26)17-8-6-16(14-23)7-9-17;/h2-9H,10-14,23H2,1H3;1H. The minimum Gasteiger partial charge on any atom is -0.335 e. The molecule has 7 heteroatoms. The number of aryl methyl sites for hydroxylation is 1. The molecule has 5 nitrogen and oxygen atoms in total. The normalized spacial score (nSPS) is 14.0. The van der Waals surface area contributed by atoms with Crippen LogP contribution in [0.2, 0.25) is 0 Å². The van der Waals surface area contributed by atoms with Crippen LogP contribution in [0.1, 0.15) is 31.2 Å². The molecule has 1 fully saturated rings. The molecule has 3 aromatic rings. The summed E-state index contributed by atoms with van der Waals surface area (Å²) in [5.41, 5.74) is 8.33. The van der Waals surface area contributed by atoms with E-state index in [1.54, 1.807) is 11.3 Å². The number of nitrogens with zero attached hydrogens (tertiary/aromatic N) is 2. The summed E-state index contributed by atoms with van der Waals surface area (Å²) in [5.74, 6) is 0.0758. The third-order valence-electron chi connectivity index (χ3n) is 5.33. The molecule has 0 spiro atoms. The summed E-state index contributed by atoms with van der Waals surface area (Å²) in [5, 5.41) is 1.14. The van der Waals surface area contributed by atoms with Gasteiger partial charge in [-0.1, -0.05) is 30.3 Å². The summed E-state index contributed by atoms with van der Waals surface area (Å²) in [4.78, 5) is 30.2. The van der Waals surface area contributed by atoms with E-state index < -0.39 is 0 Å². The molecule has 1 aliphatic rings. The van der Waals surface area contributed by atoms with Crippen LogP contribution in [0.25, 0.3) is 10.1 Å². The summed E-state index contributed by atoms with van der Waals surface area (Å²) in [7, 11) is 0. The molecule has 2 amide bonds. The molecule has 4 rings (SSSR count).